The Morgan fingerprint density at radius 2 is 1.62 bits per heavy atom. The number of benzene rings is 1. The minimum atomic E-state index is -0.253. The van der Waals surface area contributed by atoms with Crippen LogP contribution in [0.5, 0.6) is 0 Å². The van der Waals surface area contributed by atoms with Crippen LogP contribution in [0.2, 0.25) is 0 Å². The average Bonchev–Trinajstić information content (AvgIpc) is 2.53. The molecule has 5 heteroatoms. The van der Waals surface area contributed by atoms with Crippen molar-refractivity contribution < 1.29 is 4.79 Å². The predicted octanol–water partition coefficient (Wildman–Crippen LogP) is 2.62. The summed E-state index contributed by atoms with van der Waals surface area (Å²) < 4.78 is 0. The highest BCUT2D eigenvalue weighted by Crippen LogP contribution is 2.55. The molecule has 2 N–H and O–H groups in total. The number of nitrogens with one attached hydrogen (secondary N) is 2. The first-order chi connectivity index (χ1) is 11.6. The van der Waals surface area contributed by atoms with E-state index in [0.717, 1.165) is 37.0 Å². The second-order valence-electron chi connectivity index (χ2n) is 8.10. The topological polar surface area (TPSA) is 74.8 Å². The lowest BCUT2D eigenvalue weighted by Gasteiger charge is -2.56. The van der Waals surface area contributed by atoms with Gasteiger partial charge in [0, 0.05) is 10.9 Å². The van der Waals surface area contributed by atoms with Crippen LogP contribution in [-0.2, 0) is 0 Å². The van der Waals surface area contributed by atoms with E-state index in [1.165, 1.54) is 19.3 Å². The summed E-state index contributed by atoms with van der Waals surface area (Å²) in [5.74, 6) is 2.18. The third kappa shape index (κ3) is 2.10. The zero-order valence-electron chi connectivity index (χ0n) is 13.5. The number of rotatable bonds is 2. The van der Waals surface area contributed by atoms with E-state index >= 15 is 0 Å². The maximum atomic E-state index is 13.0. The molecule has 4 bridgehead atoms. The normalized spacial score (nSPS) is 33.8. The molecule has 0 radical (unpaired) electrons. The van der Waals surface area contributed by atoms with Gasteiger partial charge in [-0.25, -0.2) is 5.10 Å². The Labute approximate surface area is 139 Å². The first kappa shape index (κ1) is 14.2. The molecule has 4 fully saturated rings. The number of carbonyl (C=O) groups excluding carboxylic acids is 1. The van der Waals surface area contributed by atoms with E-state index in [0.29, 0.717) is 16.5 Å². The molecule has 4 aliphatic carbocycles. The standard InChI is InChI=1S/C19H21N3O2/c23-17-15-4-2-1-3-14(15)16(21-22-17)18(24)20-19-8-11-5-12(9-19)7-13(6-11)10-19/h1-4,11-13H,5-10H2,(H,20,24)(H,22,23). The van der Waals surface area contributed by atoms with Crippen molar-refractivity contribution in [3.05, 3.63) is 40.3 Å². The van der Waals surface area contributed by atoms with E-state index in [1.54, 1.807) is 18.2 Å². The molecule has 4 aliphatic rings. The maximum Gasteiger partial charge on any atom is 0.272 e. The fourth-order valence-corrected chi connectivity index (χ4v) is 5.85. The molecule has 0 unspecified atom stereocenters. The van der Waals surface area contributed by atoms with Gasteiger partial charge >= 0.3 is 0 Å². The molecule has 6 rings (SSSR count). The molecular formula is C19H21N3O2. The summed E-state index contributed by atoms with van der Waals surface area (Å²) in [6, 6.07) is 7.17. The Bertz CT molecular complexity index is 850. The molecule has 0 atom stereocenters. The van der Waals surface area contributed by atoms with Gasteiger partial charge in [0.2, 0.25) is 0 Å². The van der Waals surface area contributed by atoms with Gasteiger partial charge in [0.05, 0.1) is 5.39 Å². The molecule has 1 amide bonds. The zero-order valence-corrected chi connectivity index (χ0v) is 13.5. The Kier molecular flexibility index (Phi) is 2.91. The number of amides is 1. The lowest BCUT2D eigenvalue weighted by Crippen LogP contribution is -2.60. The second-order valence-corrected chi connectivity index (χ2v) is 8.10. The highest BCUT2D eigenvalue weighted by atomic mass is 16.2. The van der Waals surface area contributed by atoms with Crippen molar-refractivity contribution in [3.63, 3.8) is 0 Å². The van der Waals surface area contributed by atoms with E-state index in [9.17, 15) is 9.59 Å². The molecule has 1 aromatic carbocycles. The Morgan fingerprint density at radius 1 is 1.04 bits per heavy atom. The average molecular weight is 323 g/mol. The lowest BCUT2D eigenvalue weighted by atomic mass is 9.53. The molecular weight excluding hydrogens is 302 g/mol. The van der Waals surface area contributed by atoms with Crippen molar-refractivity contribution in [1.82, 2.24) is 15.5 Å². The number of nitrogens with zero attached hydrogens (tertiary/aromatic N) is 1. The fourth-order valence-electron chi connectivity index (χ4n) is 5.85. The van der Waals surface area contributed by atoms with Crippen molar-refractivity contribution in [2.45, 2.75) is 44.1 Å². The Balaban J connectivity index is 1.50. The van der Waals surface area contributed by atoms with E-state index in [2.05, 4.69) is 15.5 Å². The quantitative estimate of drug-likeness (QED) is 0.892. The van der Waals surface area contributed by atoms with Gasteiger partial charge < -0.3 is 5.32 Å². The molecule has 0 saturated heterocycles. The predicted molar refractivity (Wildman–Crippen MR) is 90.7 cm³/mol. The summed E-state index contributed by atoms with van der Waals surface area (Å²) in [5.41, 5.74) is 0.0305. The number of hydrogen-bond donors (Lipinski definition) is 2. The minimum Gasteiger partial charge on any atom is -0.345 e. The largest absolute Gasteiger partial charge is 0.345 e. The SMILES string of the molecule is O=C(NC12CC3CC(CC(C3)C1)C2)c1n[nH]c(=O)c2ccccc12. The number of aromatic amines is 1. The van der Waals surface area contributed by atoms with Gasteiger partial charge in [-0.05, 0) is 62.3 Å². The van der Waals surface area contributed by atoms with Crippen LogP contribution in [0, 0.1) is 17.8 Å². The minimum absolute atomic E-state index is 0.0508. The summed E-state index contributed by atoms with van der Waals surface area (Å²) in [4.78, 5) is 24.9. The molecule has 4 saturated carbocycles. The smallest absolute Gasteiger partial charge is 0.272 e. The lowest BCUT2D eigenvalue weighted by molar-refractivity contribution is -0.0167. The number of carbonyl (C=O) groups is 1. The van der Waals surface area contributed by atoms with Gasteiger partial charge in [0.15, 0.2) is 5.69 Å². The number of H-pyrrole nitrogens is 1. The highest BCUT2D eigenvalue weighted by molar-refractivity contribution is 6.05. The first-order valence-electron chi connectivity index (χ1n) is 8.92. The summed E-state index contributed by atoms with van der Waals surface area (Å²) >= 11 is 0. The number of hydrogen-bond acceptors (Lipinski definition) is 3. The van der Waals surface area contributed by atoms with Crippen LogP contribution >= 0.6 is 0 Å². The molecule has 0 spiro atoms. The van der Waals surface area contributed by atoms with Crippen LogP contribution < -0.4 is 10.9 Å². The fraction of sp³-hybridized carbons (Fsp3) is 0.526. The summed E-state index contributed by atoms with van der Waals surface area (Å²) in [7, 11) is 0. The van der Waals surface area contributed by atoms with Gasteiger partial charge in [0.1, 0.15) is 0 Å². The number of fused-ring (bicyclic) bond motifs is 1. The molecule has 124 valence electrons. The van der Waals surface area contributed by atoms with Gasteiger partial charge in [-0.15, -0.1) is 0 Å². The molecule has 2 aromatic rings. The second kappa shape index (κ2) is 4.91. The van der Waals surface area contributed by atoms with Gasteiger partial charge in [-0.1, -0.05) is 18.2 Å². The van der Waals surface area contributed by atoms with Crippen molar-refractivity contribution in [2.24, 2.45) is 17.8 Å². The first-order valence-corrected chi connectivity index (χ1v) is 8.92. The molecule has 1 heterocycles. The third-order valence-corrected chi connectivity index (χ3v) is 6.33. The van der Waals surface area contributed by atoms with E-state index < -0.39 is 0 Å². The zero-order chi connectivity index (χ0) is 16.3. The van der Waals surface area contributed by atoms with Crippen molar-refractivity contribution >= 4 is 16.7 Å². The molecule has 24 heavy (non-hydrogen) atoms. The third-order valence-electron chi connectivity index (χ3n) is 6.33. The molecule has 0 aliphatic heterocycles. The van der Waals surface area contributed by atoms with Gasteiger partial charge in [-0.3, -0.25) is 9.59 Å². The highest BCUT2D eigenvalue weighted by Gasteiger charge is 2.51. The van der Waals surface area contributed by atoms with Crippen LogP contribution in [0.15, 0.2) is 29.1 Å². The van der Waals surface area contributed by atoms with E-state index in [4.69, 9.17) is 0 Å². The van der Waals surface area contributed by atoms with Crippen molar-refractivity contribution in [2.75, 3.05) is 0 Å². The van der Waals surface area contributed by atoms with E-state index in [1.807, 2.05) is 6.07 Å². The monoisotopic (exact) mass is 323 g/mol. The van der Waals surface area contributed by atoms with Gasteiger partial charge in [0.25, 0.3) is 11.5 Å². The summed E-state index contributed by atoms with van der Waals surface area (Å²) in [5, 5.41) is 11.0. The molecule has 5 nitrogen and oxygen atoms in total. The number of aromatic nitrogens is 2. The van der Waals surface area contributed by atoms with Crippen molar-refractivity contribution in [1.29, 1.82) is 0 Å². The molecule has 1 aromatic heterocycles. The van der Waals surface area contributed by atoms with Crippen LogP contribution in [0.4, 0.5) is 0 Å². The van der Waals surface area contributed by atoms with Crippen molar-refractivity contribution in [3.8, 4) is 0 Å². The van der Waals surface area contributed by atoms with Crippen LogP contribution in [0.1, 0.15) is 49.0 Å². The Morgan fingerprint density at radius 3 is 2.25 bits per heavy atom. The Hall–Kier alpha value is -2.17. The van der Waals surface area contributed by atoms with Crippen LogP contribution in [-0.4, -0.2) is 21.6 Å². The summed E-state index contributed by atoms with van der Waals surface area (Å²) in [6.45, 7) is 0. The van der Waals surface area contributed by atoms with E-state index in [-0.39, 0.29) is 17.0 Å². The maximum absolute atomic E-state index is 13.0. The van der Waals surface area contributed by atoms with Gasteiger partial charge in [-0.2, -0.15) is 5.10 Å². The summed E-state index contributed by atoms with van der Waals surface area (Å²) in [6.07, 6.45) is 7.34. The van der Waals surface area contributed by atoms with Crippen LogP contribution in [0.25, 0.3) is 10.8 Å². The van der Waals surface area contributed by atoms with Crippen LogP contribution in [0.3, 0.4) is 0 Å².